The molecule has 2 amide bonds. The van der Waals surface area contributed by atoms with E-state index in [1.165, 1.54) is 7.11 Å². The summed E-state index contributed by atoms with van der Waals surface area (Å²) in [6, 6.07) is 18.6. The van der Waals surface area contributed by atoms with Crippen LogP contribution in [0.1, 0.15) is 12.8 Å². The van der Waals surface area contributed by atoms with Crippen LogP contribution in [0.15, 0.2) is 72.9 Å². The second-order valence-electron chi connectivity index (χ2n) is 8.22. The van der Waals surface area contributed by atoms with Crippen molar-refractivity contribution in [1.29, 1.82) is 0 Å². The third-order valence-corrected chi connectivity index (χ3v) is 5.60. The predicted molar refractivity (Wildman–Crippen MR) is 147 cm³/mol. The molecule has 0 aliphatic heterocycles. The quantitative estimate of drug-likeness (QED) is 0.137. The van der Waals surface area contributed by atoms with E-state index in [9.17, 15) is 9.59 Å². The maximum absolute atomic E-state index is 12.3. The SMILES string of the molecule is [C-]#[N+]c1cc2c(Oc3ccc(NC(=O)Nc4ccc(OC)cc4)cc3)ccnc2cc1OCCCC(=O)OC. The molecule has 1 aromatic heterocycles. The lowest BCUT2D eigenvalue weighted by molar-refractivity contribution is -0.140. The minimum absolute atomic E-state index is 0.231. The number of pyridine rings is 1. The van der Waals surface area contributed by atoms with Crippen LogP contribution < -0.4 is 24.8 Å². The highest BCUT2D eigenvalue weighted by atomic mass is 16.5. The first-order valence-corrected chi connectivity index (χ1v) is 12.0. The van der Waals surface area contributed by atoms with Crippen LogP contribution in [-0.2, 0) is 9.53 Å². The van der Waals surface area contributed by atoms with Crippen LogP contribution in [0, 0.1) is 6.57 Å². The van der Waals surface area contributed by atoms with Crippen molar-refractivity contribution in [2.24, 2.45) is 0 Å². The Hall–Kier alpha value is -5.30. The van der Waals surface area contributed by atoms with Gasteiger partial charge >= 0.3 is 12.0 Å². The fraction of sp³-hybridized carbons (Fsp3) is 0.172. The van der Waals surface area contributed by atoms with E-state index in [-0.39, 0.29) is 25.0 Å². The van der Waals surface area contributed by atoms with Crippen molar-refractivity contribution in [3.05, 3.63) is 84.3 Å². The first kappa shape index (κ1) is 26.8. The van der Waals surface area contributed by atoms with Crippen LogP contribution >= 0.6 is 0 Å². The summed E-state index contributed by atoms with van der Waals surface area (Å²) in [5.41, 5.74) is 2.11. The van der Waals surface area contributed by atoms with Gasteiger partial charge in [-0.3, -0.25) is 9.78 Å². The van der Waals surface area contributed by atoms with Crippen molar-refractivity contribution in [3.8, 4) is 23.0 Å². The molecule has 3 aromatic carbocycles. The Labute approximate surface area is 225 Å². The number of ether oxygens (including phenoxy) is 4. The molecular formula is C29H26N4O6. The predicted octanol–water partition coefficient (Wildman–Crippen LogP) is 6.56. The molecular weight excluding hydrogens is 500 g/mol. The van der Waals surface area contributed by atoms with E-state index in [4.69, 9.17) is 20.8 Å². The van der Waals surface area contributed by atoms with Crippen LogP contribution in [0.5, 0.6) is 23.0 Å². The minimum atomic E-state index is -0.385. The second kappa shape index (κ2) is 12.8. The zero-order valence-electron chi connectivity index (χ0n) is 21.4. The van der Waals surface area contributed by atoms with Gasteiger partial charge in [0.1, 0.15) is 23.0 Å². The second-order valence-corrected chi connectivity index (χ2v) is 8.22. The lowest BCUT2D eigenvalue weighted by Crippen LogP contribution is -2.19. The van der Waals surface area contributed by atoms with Gasteiger partial charge in [-0.2, -0.15) is 0 Å². The summed E-state index contributed by atoms with van der Waals surface area (Å²) < 4.78 is 21.5. The molecule has 0 aliphatic carbocycles. The molecule has 198 valence electrons. The number of aromatic nitrogens is 1. The minimum Gasteiger partial charge on any atom is -0.505 e. The summed E-state index contributed by atoms with van der Waals surface area (Å²) in [6.07, 6.45) is 2.30. The van der Waals surface area contributed by atoms with Crippen molar-refractivity contribution in [1.82, 2.24) is 4.98 Å². The van der Waals surface area contributed by atoms with Crippen LogP contribution in [0.25, 0.3) is 15.7 Å². The van der Waals surface area contributed by atoms with Gasteiger partial charge in [0.25, 0.3) is 0 Å². The molecule has 10 heteroatoms. The van der Waals surface area contributed by atoms with Gasteiger partial charge in [-0.25, -0.2) is 9.64 Å². The zero-order chi connectivity index (χ0) is 27.6. The molecule has 2 N–H and O–H groups in total. The van der Waals surface area contributed by atoms with Gasteiger partial charge < -0.3 is 29.6 Å². The largest absolute Gasteiger partial charge is 0.505 e. The monoisotopic (exact) mass is 526 g/mol. The van der Waals surface area contributed by atoms with Gasteiger partial charge in [0.15, 0.2) is 0 Å². The van der Waals surface area contributed by atoms with Crippen LogP contribution in [0.2, 0.25) is 0 Å². The lowest BCUT2D eigenvalue weighted by Gasteiger charge is -2.13. The lowest BCUT2D eigenvalue weighted by atomic mass is 10.1. The number of esters is 1. The fourth-order valence-electron chi connectivity index (χ4n) is 3.63. The summed E-state index contributed by atoms with van der Waals surface area (Å²) >= 11 is 0. The van der Waals surface area contributed by atoms with E-state index in [2.05, 4.69) is 25.2 Å². The highest BCUT2D eigenvalue weighted by Crippen LogP contribution is 2.37. The molecule has 10 nitrogen and oxygen atoms in total. The maximum atomic E-state index is 12.3. The molecule has 0 unspecified atom stereocenters. The molecule has 4 rings (SSSR count). The van der Waals surface area contributed by atoms with Gasteiger partial charge in [0, 0.05) is 29.4 Å². The standard InChI is InChI=1S/C29H26N4O6/c1-30-25-17-23-24(18-27(25)38-16-4-5-28(34)37-3)31-15-14-26(23)39-22-12-8-20(9-13-22)33-29(35)32-19-6-10-21(36-2)11-7-19/h6-15,17-18H,4-5,16H2,2-3H3,(H2,32,33,35). The Balaban J connectivity index is 1.41. The van der Waals surface area contributed by atoms with E-state index in [0.717, 1.165) is 0 Å². The number of benzene rings is 3. The summed E-state index contributed by atoms with van der Waals surface area (Å²) in [5.74, 6) is 1.82. The number of carbonyl (C=O) groups excluding carboxylic acids is 2. The van der Waals surface area contributed by atoms with Crippen molar-refractivity contribution >= 4 is 40.0 Å². The Morgan fingerprint density at radius 1 is 0.897 bits per heavy atom. The number of amides is 2. The molecule has 0 saturated carbocycles. The van der Waals surface area contributed by atoms with E-state index in [0.29, 0.717) is 57.4 Å². The molecule has 0 aliphatic rings. The van der Waals surface area contributed by atoms with Gasteiger partial charge in [-0.15, -0.1) is 0 Å². The van der Waals surface area contributed by atoms with Crippen molar-refractivity contribution in [2.45, 2.75) is 12.8 Å². The Morgan fingerprint density at radius 3 is 2.18 bits per heavy atom. The van der Waals surface area contributed by atoms with Gasteiger partial charge in [0.2, 0.25) is 5.69 Å². The Kier molecular flexibility index (Phi) is 8.77. The number of carbonyl (C=O) groups is 2. The number of rotatable bonds is 10. The number of urea groups is 1. The van der Waals surface area contributed by atoms with Crippen LogP contribution in [0.3, 0.4) is 0 Å². The smallest absolute Gasteiger partial charge is 0.323 e. The maximum Gasteiger partial charge on any atom is 0.323 e. The number of fused-ring (bicyclic) bond motifs is 1. The van der Waals surface area contributed by atoms with Crippen molar-refractivity contribution in [3.63, 3.8) is 0 Å². The highest BCUT2D eigenvalue weighted by molar-refractivity contribution is 5.99. The third kappa shape index (κ3) is 7.14. The summed E-state index contributed by atoms with van der Waals surface area (Å²) in [6.45, 7) is 7.82. The number of hydrogen-bond acceptors (Lipinski definition) is 7. The first-order chi connectivity index (χ1) is 19.0. The zero-order valence-corrected chi connectivity index (χ0v) is 21.4. The molecule has 0 atom stereocenters. The Morgan fingerprint density at radius 2 is 1.56 bits per heavy atom. The molecule has 0 bridgehead atoms. The van der Waals surface area contributed by atoms with E-state index < -0.39 is 0 Å². The topological polar surface area (TPSA) is 112 Å². The molecule has 4 aromatic rings. The van der Waals surface area contributed by atoms with Crippen LogP contribution in [-0.4, -0.2) is 37.8 Å². The van der Waals surface area contributed by atoms with Crippen molar-refractivity contribution < 1.29 is 28.5 Å². The molecule has 0 fully saturated rings. The highest BCUT2D eigenvalue weighted by Gasteiger charge is 2.12. The number of nitrogens with one attached hydrogen (secondary N) is 2. The molecule has 0 radical (unpaired) electrons. The van der Waals surface area contributed by atoms with Gasteiger partial charge in [0.05, 0.1) is 32.9 Å². The first-order valence-electron chi connectivity index (χ1n) is 12.0. The fourth-order valence-corrected chi connectivity index (χ4v) is 3.63. The van der Waals surface area contributed by atoms with Gasteiger partial charge in [-0.05, 0) is 73.2 Å². The average Bonchev–Trinajstić information content (AvgIpc) is 2.96. The van der Waals surface area contributed by atoms with Gasteiger partial charge in [-0.1, -0.05) is 0 Å². The molecule has 0 saturated heterocycles. The molecule has 1 heterocycles. The average molecular weight is 527 g/mol. The van der Waals surface area contributed by atoms with E-state index in [1.54, 1.807) is 80.0 Å². The van der Waals surface area contributed by atoms with E-state index in [1.807, 2.05) is 0 Å². The van der Waals surface area contributed by atoms with Crippen molar-refractivity contribution in [2.75, 3.05) is 31.5 Å². The summed E-state index contributed by atoms with van der Waals surface area (Å²) in [4.78, 5) is 31.6. The Bertz CT molecular complexity index is 1500. The molecule has 39 heavy (non-hydrogen) atoms. The number of methoxy groups -OCH3 is 2. The van der Waals surface area contributed by atoms with Crippen LogP contribution in [0.4, 0.5) is 21.9 Å². The number of nitrogens with zero attached hydrogens (tertiary/aromatic N) is 2. The number of hydrogen-bond donors (Lipinski definition) is 2. The third-order valence-electron chi connectivity index (χ3n) is 5.60. The number of anilines is 2. The normalized spacial score (nSPS) is 10.3. The van der Waals surface area contributed by atoms with E-state index >= 15 is 0 Å². The molecule has 0 spiro atoms. The summed E-state index contributed by atoms with van der Waals surface area (Å²) in [5, 5.41) is 6.17. The summed E-state index contributed by atoms with van der Waals surface area (Å²) in [7, 11) is 2.92.